The van der Waals surface area contributed by atoms with Crippen LogP contribution in [0.1, 0.15) is 18.4 Å². The smallest absolute Gasteiger partial charge is 0.219 e. The maximum Gasteiger partial charge on any atom is 0.219 e. The van der Waals surface area contributed by atoms with Gasteiger partial charge >= 0.3 is 0 Å². The average Bonchev–Trinajstić information content (AvgIpc) is 2.65. The summed E-state index contributed by atoms with van der Waals surface area (Å²) in [5.74, 6) is 0.264. The van der Waals surface area contributed by atoms with E-state index in [0.717, 1.165) is 5.71 Å². The number of thiocarbonyl (C=S) groups is 1. The van der Waals surface area contributed by atoms with Crippen molar-refractivity contribution in [2.45, 2.75) is 12.8 Å². The molecule has 2 rings (SSSR count). The fourth-order valence-electron chi connectivity index (χ4n) is 1.41. The lowest BCUT2D eigenvalue weighted by Crippen LogP contribution is -2.08. The number of benzene rings is 1. The SMILES string of the molecule is CC(C1=NC(=S)N=C1)c1ccccc1. The molecule has 3 heteroatoms. The summed E-state index contributed by atoms with van der Waals surface area (Å²) >= 11 is 4.88. The van der Waals surface area contributed by atoms with Crippen LogP contribution in [0.5, 0.6) is 0 Å². The van der Waals surface area contributed by atoms with Crippen LogP contribution in [0.25, 0.3) is 0 Å². The average molecular weight is 202 g/mol. The van der Waals surface area contributed by atoms with E-state index < -0.39 is 0 Å². The molecule has 1 unspecified atom stereocenters. The van der Waals surface area contributed by atoms with Crippen LogP contribution >= 0.6 is 12.2 Å². The monoisotopic (exact) mass is 202 g/mol. The van der Waals surface area contributed by atoms with E-state index in [0.29, 0.717) is 5.11 Å². The molecular weight excluding hydrogens is 192 g/mol. The van der Waals surface area contributed by atoms with Crippen molar-refractivity contribution in [2.24, 2.45) is 9.98 Å². The van der Waals surface area contributed by atoms with Gasteiger partial charge in [-0.05, 0) is 17.8 Å². The lowest BCUT2D eigenvalue weighted by Gasteiger charge is -2.08. The molecular formula is C11H10N2S. The van der Waals surface area contributed by atoms with E-state index >= 15 is 0 Å². The van der Waals surface area contributed by atoms with Gasteiger partial charge in [0, 0.05) is 5.92 Å². The molecule has 0 saturated carbocycles. The Morgan fingerprint density at radius 1 is 1.21 bits per heavy atom. The second-order valence-electron chi connectivity index (χ2n) is 3.21. The van der Waals surface area contributed by atoms with Gasteiger partial charge in [-0.25, -0.2) is 9.98 Å². The van der Waals surface area contributed by atoms with Crippen molar-refractivity contribution in [3.63, 3.8) is 0 Å². The first-order valence-corrected chi connectivity index (χ1v) is 4.90. The summed E-state index contributed by atoms with van der Waals surface area (Å²) < 4.78 is 0. The fourth-order valence-corrected chi connectivity index (χ4v) is 1.57. The molecule has 0 amide bonds. The zero-order valence-electron chi connectivity index (χ0n) is 7.84. The molecule has 1 aromatic carbocycles. The van der Waals surface area contributed by atoms with Crippen molar-refractivity contribution in [1.29, 1.82) is 0 Å². The molecule has 1 aliphatic heterocycles. The number of aliphatic imine (C=N–C) groups is 2. The molecule has 1 aromatic rings. The quantitative estimate of drug-likeness (QED) is 0.676. The molecule has 1 atom stereocenters. The Morgan fingerprint density at radius 3 is 2.50 bits per heavy atom. The Hall–Kier alpha value is -1.35. The Morgan fingerprint density at radius 2 is 1.93 bits per heavy atom. The first-order chi connectivity index (χ1) is 6.77. The Balaban J connectivity index is 2.26. The van der Waals surface area contributed by atoms with Crippen molar-refractivity contribution in [1.82, 2.24) is 0 Å². The molecule has 2 nitrogen and oxygen atoms in total. The van der Waals surface area contributed by atoms with Crippen LogP contribution in [-0.2, 0) is 0 Å². The minimum atomic E-state index is 0.264. The second-order valence-corrected chi connectivity index (χ2v) is 3.57. The van der Waals surface area contributed by atoms with Crippen LogP contribution in [0.4, 0.5) is 0 Å². The van der Waals surface area contributed by atoms with Crippen molar-refractivity contribution in [3.8, 4) is 0 Å². The van der Waals surface area contributed by atoms with E-state index in [4.69, 9.17) is 12.2 Å². The van der Waals surface area contributed by atoms with Crippen molar-refractivity contribution in [2.75, 3.05) is 0 Å². The third-order valence-corrected chi connectivity index (χ3v) is 2.47. The van der Waals surface area contributed by atoms with E-state index in [2.05, 4.69) is 29.0 Å². The lowest BCUT2D eigenvalue weighted by molar-refractivity contribution is 1.04. The van der Waals surface area contributed by atoms with Crippen LogP contribution in [0.15, 0.2) is 40.3 Å². The molecule has 70 valence electrons. The van der Waals surface area contributed by atoms with Gasteiger partial charge in [0.05, 0.1) is 11.9 Å². The normalized spacial score (nSPS) is 16.9. The van der Waals surface area contributed by atoms with E-state index in [9.17, 15) is 0 Å². The maximum atomic E-state index is 4.88. The summed E-state index contributed by atoms with van der Waals surface area (Å²) in [4.78, 5) is 8.16. The van der Waals surface area contributed by atoms with Gasteiger partial charge in [-0.2, -0.15) is 0 Å². The third kappa shape index (κ3) is 1.77. The van der Waals surface area contributed by atoms with E-state index in [1.165, 1.54) is 5.56 Å². The number of hydrogen-bond donors (Lipinski definition) is 0. The van der Waals surface area contributed by atoms with Crippen LogP contribution in [0, 0.1) is 0 Å². The Labute approximate surface area is 88.4 Å². The van der Waals surface area contributed by atoms with Gasteiger partial charge in [-0.15, -0.1) is 0 Å². The van der Waals surface area contributed by atoms with Crippen molar-refractivity contribution in [3.05, 3.63) is 35.9 Å². The lowest BCUT2D eigenvalue weighted by atomic mass is 9.97. The summed E-state index contributed by atoms with van der Waals surface area (Å²) in [6.45, 7) is 2.11. The maximum absolute atomic E-state index is 4.88. The largest absolute Gasteiger partial charge is 0.225 e. The highest BCUT2D eigenvalue weighted by Crippen LogP contribution is 2.17. The fraction of sp³-hybridized carbons (Fsp3) is 0.182. The summed E-state index contributed by atoms with van der Waals surface area (Å²) in [7, 11) is 0. The first kappa shape index (κ1) is 9.21. The molecule has 14 heavy (non-hydrogen) atoms. The van der Waals surface area contributed by atoms with Gasteiger partial charge < -0.3 is 0 Å². The van der Waals surface area contributed by atoms with Crippen LogP contribution in [0.3, 0.4) is 0 Å². The zero-order chi connectivity index (χ0) is 9.97. The van der Waals surface area contributed by atoms with Gasteiger partial charge in [0.2, 0.25) is 5.11 Å². The predicted molar refractivity (Wildman–Crippen MR) is 63.4 cm³/mol. The van der Waals surface area contributed by atoms with Crippen LogP contribution in [0.2, 0.25) is 0 Å². The minimum absolute atomic E-state index is 0.264. The molecule has 0 spiro atoms. The van der Waals surface area contributed by atoms with E-state index in [-0.39, 0.29) is 5.92 Å². The number of hydrogen-bond acceptors (Lipinski definition) is 1. The van der Waals surface area contributed by atoms with Gasteiger partial charge in [-0.1, -0.05) is 37.3 Å². The Bertz CT molecular complexity index is 407. The standard InChI is InChI=1S/C11H10N2S/c1-8(9-5-3-2-4-6-9)10-7-12-11(14)13-10/h2-8H,1H3. The second kappa shape index (κ2) is 3.80. The zero-order valence-corrected chi connectivity index (χ0v) is 8.66. The van der Waals surface area contributed by atoms with Crippen LogP contribution in [-0.4, -0.2) is 17.0 Å². The molecule has 0 aromatic heterocycles. The van der Waals surface area contributed by atoms with E-state index in [1.54, 1.807) is 6.21 Å². The third-order valence-electron chi connectivity index (χ3n) is 2.28. The van der Waals surface area contributed by atoms with Crippen molar-refractivity contribution < 1.29 is 0 Å². The summed E-state index contributed by atoms with van der Waals surface area (Å²) in [6, 6.07) is 10.2. The number of nitrogens with zero attached hydrogens (tertiary/aromatic N) is 2. The molecule has 1 aliphatic rings. The van der Waals surface area contributed by atoms with Gasteiger partial charge in [-0.3, -0.25) is 0 Å². The molecule has 1 heterocycles. The highest BCUT2D eigenvalue weighted by molar-refractivity contribution is 7.80. The van der Waals surface area contributed by atoms with Crippen molar-refractivity contribution >= 4 is 29.3 Å². The topological polar surface area (TPSA) is 24.7 Å². The summed E-state index contributed by atoms with van der Waals surface area (Å²) in [5, 5.41) is 0.433. The van der Waals surface area contributed by atoms with Gasteiger partial charge in [0.1, 0.15) is 0 Å². The van der Waals surface area contributed by atoms with Gasteiger partial charge in [0.25, 0.3) is 0 Å². The summed E-state index contributed by atoms with van der Waals surface area (Å²) in [5.41, 5.74) is 2.18. The van der Waals surface area contributed by atoms with Crippen LogP contribution < -0.4 is 0 Å². The molecule has 0 bridgehead atoms. The molecule has 0 radical (unpaired) electrons. The number of rotatable bonds is 2. The summed E-state index contributed by atoms with van der Waals surface area (Å²) in [6.07, 6.45) is 1.75. The Kier molecular flexibility index (Phi) is 2.50. The molecule has 0 saturated heterocycles. The highest BCUT2D eigenvalue weighted by atomic mass is 32.1. The van der Waals surface area contributed by atoms with Gasteiger partial charge in [0.15, 0.2) is 0 Å². The van der Waals surface area contributed by atoms with E-state index in [1.807, 2.05) is 18.2 Å². The predicted octanol–water partition coefficient (Wildman–Crippen LogP) is 2.60. The first-order valence-electron chi connectivity index (χ1n) is 4.49. The molecule has 0 aliphatic carbocycles. The highest BCUT2D eigenvalue weighted by Gasteiger charge is 2.14. The molecule has 0 fully saturated rings. The molecule has 0 N–H and O–H groups in total. The minimum Gasteiger partial charge on any atom is -0.225 e.